The first kappa shape index (κ1) is 13.4. The molecular formula is C13H15BFNO4. The number of hydrogen-bond acceptors (Lipinski definition) is 4. The van der Waals surface area contributed by atoms with Gasteiger partial charge < -0.3 is 13.7 Å². The van der Waals surface area contributed by atoms with Crippen molar-refractivity contribution in [2.75, 3.05) is 0 Å². The van der Waals surface area contributed by atoms with Crippen LogP contribution in [-0.4, -0.2) is 23.3 Å². The zero-order valence-electron chi connectivity index (χ0n) is 11.7. The van der Waals surface area contributed by atoms with Crippen molar-refractivity contribution in [3.63, 3.8) is 0 Å². The summed E-state index contributed by atoms with van der Waals surface area (Å²) in [5.41, 5.74) is -0.270. The quantitative estimate of drug-likeness (QED) is 0.804. The molecule has 0 aliphatic carbocycles. The second-order valence-electron chi connectivity index (χ2n) is 5.97. The van der Waals surface area contributed by atoms with Crippen molar-refractivity contribution in [2.45, 2.75) is 38.9 Å². The molecule has 0 bridgehead atoms. The van der Waals surface area contributed by atoms with E-state index >= 15 is 0 Å². The molecule has 1 N–H and O–H groups in total. The SMILES string of the molecule is CC1(C)OB(c2cc3[nH]c(=O)oc3cc2F)OC1(C)C. The van der Waals surface area contributed by atoms with E-state index in [-0.39, 0.29) is 11.0 Å². The van der Waals surface area contributed by atoms with Crippen molar-refractivity contribution in [1.29, 1.82) is 0 Å². The molecule has 0 saturated carbocycles. The van der Waals surface area contributed by atoms with E-state index in [2.05, 4.69) is 4.98 Å². The van der Waals surface area contributed by atoms with E-state index in [0.717, 1.165) is 6.07 Å². The van der Waals surface area contributed by atoms with E-state index in [1.54, 1.807) is 0 Å². The van der Waals surface area contributed by atoms with Crippen molar-refractivity contribution >= 4 is 23.7 Å². The lowest BCUT2D eigenvalue weighted by Gasteiger charge is -2.32. The van der Waals surface area contributed by atoms with Gasteiger partial charge in [0.05, 0.1) is 16.7 Å². The first-order valence-electron chi connectivity index (χ1n) is 6.37. The lowest BCUT2D eigenvalue weighted by Crippen LogP contribution is -2.41. The molecule has 0 radical (unpaired) electrons. The van der Waals surface area contributed by atoms with Crippen LogP contribution in [0.5, 0.6) is 0 Å². The fourth-order valence-corrected chi connectivity index (χ4v) is 2.14. The van der Waals surface area contributed by atoms with Crippen LogP contribution in [-0.2, 0) is 9.31 Å². The molecule has 1 aliphatic rings. The molecule has 1 aromatic carbocycles. The van der Waals surface area contributed by atoms with Crippen LogP contribution in [0.15, 0.2) is 21.3 Å². The number of hydrogen-bond donors (Lipinski definition) is 1. The maximum atomic E-state index is 14.1. The molecule has 7 heteroatoms. The highest BCUT2D eigenvalue weighted by Gasteiger charge is 2.52. The fraction of sp³-hybridized carbons (Fsp3) is 0.462. The predicted molar refractivity (Wildman–Crippen MR) is 72.5 cm³/mol. The van der Waals surface area contributed by atoms with Crippen LogP contribution in [0.25, 0.3) is 11.1 Å². The Hall–Kier alpha value is -1.60. The number of aromatic nitrogens is 1. The normalized spacial score (nSPS) is 20.8. The molecule has 3 rings (SSSR count). The number of nitrogens with one attached hydrogen (secondary N) is 1. The van der Waals surface area contributed by atoms with Crippen LogP contribution in [0.1, 0.15) is 27.7 Å². The number of benzene rings is 1. The van der Waals surface area contributed by atoms with E-state index in [4.69, 9.17) is 13.7 Å². The zero-order valence-corrected chi connectivity index (χ0v) is 11.7. The van der Waals surface area contributed by atoms with Crippen LogP contribution in [0.2, 0.25) is 0 Å². The molecule has 1 saturated heterocycles. The molecule has 20 heavy (non-hydrogen) atoms. The summed E-state index contributed by atoms with van der Waals surface area (Å²) in [7, 11) is -0.817. The standard InChI is InChI=1S/C13H15BFNO4/c1-12(2)13(3,4)20-14(19-12)7-5-9-10(6-8(7)15)18-11(17)16-9/h5-6H,1-4H3,(H,16,17). The zero-order chi connectivity index (χ0) is 14.7. The Morgan fingerprint density at radius 1 is 1.15 bits per heavy atom. The molecule has 106 valence electrons. The summed E-state index contributed by atoms with van der Waals surface area (Å²) in [6.45, 7) is 7.57. The van der Waals surface area contributed by atoms with E-state index < -0.39 is 29.9 Å². The number of aromatic amines is 1. The minimum absolute atomic E-state index is 0.174. The van der Waals surface area contributed by atoms with Crippen molar-refractivity contribution in [2.24, 2.45) is 0 Å². The van der Waals surface area contributed by atoms with E-state index in [1.807, 2.05) is 27.7 Å². The molecule has 0 spiro atoms. The fourth-order valence-electron chi connectivity index (χ4n) is 2.14. The third kappa shape index (κ3) is 1.89. The van der Waals surface area contributed by atoms with Crippen molar-refractivity contribution in [3.8, 4) is 0 Å². The third-order valence-corrected chi connectivity index (χ3v) is 4.05. The van der Waals surface area contributed by atoms with Gasteiger partial charge >= 0.3 is 12.9 Å². The Kier molecular flexibility index (Phi) is 2.65. The minimum Gasteiger partial charge on any atom is -0.408 e. The highest BCUT2D eigenvalue weighted by molar-refractivity contribution is 6.62. The average molecular weight is 279 g/mol. The molecule has 1 fully saturated rings. The summed E-state index contributed by atoms with van der Waals surface area (Å²) in [4.78, 5) is 13.6. The lowest BCUT2D eigenvalue weighted by molar-refractivity contribution is 0.00578. The van der Waals surface area contributed by atoms with Crippen LogP contribution in [0.4, 0.5) is 4.39 Å². The largest absolute Gasteiger partial charge is 0.497 e. The number of halogens is 1. The topological polar surface area (TPSA) is 64.5 Å². The van der Waals surface area contributed by atoms with Crippen molar-refractivity contribution in [1.82, 2.24) is 4.98 Å². The average Bonchev–Trinajstić information content (AvgIpc) is 2.74. The van der Waals surface area contributed by atoms with Gasteiger partial charge in [0.2, 0.25) is 0 Å². The Bertz CT molecular complexity index is 718. The van der Waals surface area contributed by atoms with E-state index in [0.29, 0.717) is 5.52 Å². The van der Waals surface area contributed by atoms with Gasteiger partial charge in [0, 0.05) is 11.5 Å². The summed E-state index contributed by atoms with van der Waals surface area (Å²) in [6, 6.07) is 2.64. The van der Waals surface area contributed by atoms with Gasteiger partial charge in [-0.3, -0.25) is 4.98 Å². The molecule has 1 aromatic heterocycles. The summed E-state index contributed by atoms with van der Waals surface area (Å²) in [5.74, 6) is -1.15. The lowest BCUT2D eigenvalue weighted by atomic mass is 9.78. The highest BCUT2D eigenvalue weighted by Crippen LogP contribution is 2.36. The van der Waals surface area contributed by atoms with E-state index in [1.165, 1.54) is 6.07 Å². The van der Waals surface area contributed by atoms with Gasteiger partial charge in [0.25, 0.3) is 0 Å². The maximum absolute atomic E-state index is 14.1. The van der Waals surface area contributed by atoms with Gasteiger partial charge in [-0.2, -0.15) is 0 Å². The summed E-state index contributed by atoms with van der Waals surface area (Å²) < 4.78 is 30.6. The van der Waals surface area contributed by atoms with Crippen LogP contribution < -0.4 is 11.2 Å². The Labute approximate surface area is 115 Å². The minimum atomic E-state index is -0.817. The summed E-state index contributed by atoms with van der Waals surface area (Å²) in [5, 5.41) is 0. The van der Waals surface area contributed by atoms with Crippen molar-refractivity contribution < 1.29 is 18.1 Å². The van der Waals surface area contributed by atoms with Crippen LogP contribution in [0, 0.1) is 5.82 Å². The van der Waals surface area contributed by atoms with Gasteiger partial charge in [-0.15, -0.1) is 0 Å². The van der Waals surface area contributed by atoms with Crippen molar-refractivity contribution in [3.05, 3.63) is 28.5 Å². The molecule has 0 unspecified atom stereocenters. The number of H-pyrrole nitrogens is 1. The first-order valence-corrected chi connectivity index (χ1v) is 6.37. The third-order valence-electron chi connectivity index (χ3n) is 4.05. The molecule has 5 nitrogen and oxygen atoms in total. The summed E-state index contributed by atoms with van der Waals surface area (Å²) in [6.07, 6.45) is 0. The Morgan fingerprint density at radius 3 is 2.35 bits per heavy atom. The van der Waals surface area contributed by atoms with E-state index in [9.17, 15) is 9.18 Å². The highest BCUT2D eigenvalue weighted by atomic mass is 19.1. The molecule has 0 amide bonds. The molecule has 2 aromatic rings. The Balaban J connectivity index is 2.07. The number of oxazole rings is 1. The van der Waals surface area contributed by atoms with Crippen LogP contribution in [0.3, 0.4) is 0 Å². The second kappa shape index (κ2) is 3.96. The maximum Gasteiger partial charge on any atom is 0.497 e. The Morgan fingerprint density at radius 2 is 1.75 bits per heavy atom. The molecule has 1 aliphatic heterocycles. The second-order valence-corrected chi connectivity index (χ2v) is 5.97. The molecule has 2 heterocycles. The van der Waals surface area contributed by atoms with Gasteiger partial charge in [-0.25, -0.2) is 9.18 Å². The first-order chi connectivity index (χ1) is 9.19. The monoisotopic (exact) mass is 279 g/mol. The van der Waals surface area contributed by atoms with Gasteiger partial charge in [0.1, 0.15) is 5.82 Å². The molecule has 0 atom stereocenters. The summed E-state index contributed by atoms with van der Waals surface area (Å²) >= 11 is 0. The molecular weight excluding hydrogens is 264 g/mol. The van der Waals surface area contributed by atoms with Crippen LogP contribution >= 0.6 is 0 Å². The number of rotatable bonds is 1. The smallest absolute Gasteiger partial charge is 0.408 e. The number of fused-ring (bicyclic) bond motifs is 1. The van der Waals surface area contributed by atoms with Gasteiger partial charge in [-0.05, 0) is 33.8 Å². The van der Waals surface area contributed by atoms with Gasteiger partial charge in [0.15, 0.2) is 5.58 Å². The van der Waals surface area contributed by atoms with Gasteiger partial charge in [-0.1, -0.05) is 0 Å². The predicted octanol–water partition coefficient (Wildman–Crippen LogP) is 1.56.